The highest BCUT2D eigenvalue weighted by atomic mass is 127. The molecule has 0 aliphatic rings. The summed E-state index contributed by atoms with van der Waals surface area (Å²) < 4.78 is 1.84. The first kappa shape index (κ1) is 15.2. The molecule has 0 radical (unpaired) electrons. The molecular weight excluding hydrogens is 429 g/mol. The Morgan fingerprint density at radius 3 is 2.50 bits per heavy atom. The molecule has 4 heteroatoms. The van der Waals surface area contributed by atoms with Crippen LogP contribution in [0.4, 0.5) is 0 Å². The average molecular weight is 440 g/mol. The number of Topliss-reactive ketones (excluding diaryl/α,β-unsaturated/α-hetero) is 1. The van der Waals surface area contributed by atoms with E-state index in [0.717, 1.165) is 19.2 Å². The van der Waals surface area contributed by atoms with Crippen LogP contribution in [0.15, 0.2) is 46.9 Å². The van der Waals surface area contributed by atoms with Crippen LogP contribution in [-0.4, -0.2) is 5.78 Å². The highest BCUT2D eigenvalue weighted by Gasteiger charge is 2.23. The van der Waals surface area contributed by atoms with Crippen molar-refractivity contribution in [2.75, 3.05) is 0 Å². The lowest BCUT2D eigenvalue weighted by Crippen LogP contribution is -2.13. The molecule has 2 rings (SSSR count). The fraction of sp³-hybridized carbons (Fsp3) is 0.125. The van der Waals surface area contributed by atoms with Gasteiger partial charge in [-0.2, -0.15) is 5.26 Å². The van der Waals surface area contributed by atoms with Crippen LogP contribution in [0.5, 0.6) is 0 Å². The Morgan fingerprint density at radius 2 is 1.90 bits per heavy atom. The number of aryl methyl sites for hydroxylation is 1. The van der Waals surface area contributed by atoms with Gasteiger partial charge in [-0.05, 0) is 52.8 Å². The smallest absolute Gasteiger partial charge is 0.185 e. The molecule has 2 aromatic rings. The third kappa shape index (κ3) is 3.10. The standard InChI is InChI=1S/C16H11BrINO/c1-10-3-2-4-13(15(10)18)16(20)14(9-19)11-5-7-12(17)8-6-11/h2-8,14H,1H3. The Kier molecular flexibility index (Phi) is 4.95. The molecule has 1 atom stereocenters. The van der Waals surface area contributed by atoms with Crippen LogP contribution < -0.4 is 0 Å². The lowest BCUT2D eigenvalue weighted by molar-refractivity contribution is 0.0978. The minimum atomic E-state index is -0.765. The van der Waals surface area contributed by atoms with Crippen LogP contribution in [0.3, 0.4) is 0 Å². The molecule has 0 N–H and O–H groups in total. The van der Waals surface area contributed by atoms with Crippen molar-refractivity contribution in [2.45, 2.75) is 12.8 Å². The summed E-state index contributed by atoms with van der Waals surface area (Å²) in [4.78, 5) is 12.6. The number of nitrogens with zero attached hydrogens (tertiary/aromatic N) is 1. The topological polar surface area (TPSA) is 40.9 Å². The molecule has 0 spiro atoms. The van der Waals surface area contributed by atoms with Crippen LogP contribution in [0.25, 0.3) is 0 Å². The predicted molar refractivity (Wildman–Crippen MR) is 90.7 cm³/mol. The summed E-state index contributed by atoms with van der Waals surface area (Å²) in [5, 5.41) is 9.36. The number of nitriles is 1. The first-order chi connectivity index (χ1) is 9.54. The molecule has 0 saturated carbocycles. The van der Waals surface area contributed by atoms with Crippen LogP contribution in [0, 0.1) is 21.8 Å². The zero-order chi connectivity index (χ0) is 14.7. The fourth-order valence-electron chi connectivity index (χ4n) is 1.93. The summed E-state index contributed by atoms with van der Waals surface area (Å²) >= 11 is 5.51. The molecule has 0 heterocycles. The third-order valence-electron chi connectivity index (χ3n) is 3.05. The van der Waals surface area contributed by atoms with Gasteiger partial charge in [0.05, 0.1) is 6.07 Å². The summed E-state index contributed by atoms with van der Waals surface area (Å²) in [5.41, 5.74) is 2.38. The summed E-state index contributed by atoms with van der Waals surface area (Å²) in [7, 11) is 0. The number of halogens is 2. The molecule has 0 aliphatic heterocycles. The highest BCUT2D eigenvalue weighted by molar-refractivity contribution is 14.1. The van der Waals surface area contributed by atoms with Gasteiger partial charge in [-0.15, -0.1) is 0 Å². The van der Waals surface area contributed by atoms with Crippen molar-refractivity contribution >= 4 is 44.3 Å². The van der Waals surface area contributed by atoms with Crippen LogP contribution in [-0.2, 0) is 0 Å². The number of carbonyl (C=O) groups excluding carboxylic acids is 1. The Hall–Kier alpha value is -1.19. The van der Waals surface area contributed by atoms with Gasteiger partial charge in [0.2, 0.25) is 0 Å². The van der Waals surface area contributed by atoms with Gasteiger partial charge in [0.25, 0.3) is 0 Å². The number of rotatable bonds is 3. The summed E-state index contributed by atoms with van der Waals surface area (Å²) in [6.45, 7) is 1.96. The first-order valence-corrected chi connectivity index (χ1v) is 7.86. The maximum Gasteiger partial charge on any atom is 0.185 e. The third-order valence-corrected chi connectivity index (χ3v) is 5.01. The maximum atomic E-state index is 12.6. The molecule has 20 heavy (non-hydrogen) atoms. The Balaban J connectivity index is 2.42. The fourth-order valence-corrected chi connectivity index (χ4v) is 2.82. The lowest BCUT2D eigenvalue weighted by Gasteiger charge is -2.11. The summed E-state index contributed by atoms with van der Waals surface area (Å²) in [6, 6.07) is 15.0. The van der Waals surface area contributed by atoms with Gasteiger partial charge in [0.15, 0.2) is 5.78 Å². The van der Waals surface area contributed by atoms with E-state index in [0.29, 0.717) is 5.56 Å². The molecular formula is C16H11BrINO. The van der Waals surface area contributed by atoms with E-state index in [1.807, 2.05) is 31.2 Å². The summed E-state index contributed by atoms with van der Waals surface area (Å²) in [5.74, 6) is -0.915. The number of hydrogen-bond acceptors (Lipinski definition) is 2. The van der Waals surface area contributed by atoms with E-state index >= 15 is 0 Å². The number of hydrogen-bond donors (Lipinski definition) is 0. The Bertz CT molecular complexity index is 689. The second-order valence-electron chi connectivity index (χ2n) is 4.41. The van der Waals surface area contributed by atoms with Gasteiger partial charge in [-0.25, -0.2) is 0 Å². The minimum absolute atomic E-state index is 0.150. The Morgan fingerprint density at radius 1 is 1.25 bits per heavy atom. The van der Waals surface area contributed by atoms with E-state index in [4.69, 9.17) is 0 Å². The minimum Gasteiger partial charge on any atom is -0.292 e. The van der Waals surface area contributed by atoms with Gasteiger partial charge < -0.3 is 0 Å². The normalized spacial score (nSPS) is 11.7. The van der Waals surface area contributed by atoms with Gasteiger partial charge >= 0.3 is 0 Å². The van der Waals surface area contributed by atoms with Gasteiger partial charge in [0, 0.05) is 13.6 Å². The van der Waals surface area contributed by atoms with Crippen LogP contribution in [0.2, 0.25) is 0 Å². The number of benzene rings is 2. The zero-order valence-electron chi connectivity index (χ0n) is 10.7. The highest BCUT2D eigenvalue weighted by Crippen LogP contribution is 2.26. The molecule has 0 bridgehead atoms. The van der Waals surface area contributed by atoms with Crippen molar-refractivity contribution in [3.63, 3.8) is 0 Å². The molecule has 2 nitrogen and oxygen atoms in total. The largest absolute Gasteiger partial charge is 0.292 e. The van der Waals surface area contributed by atoms with Crippen molar-refractivity contribution in [1.29, 1.82) is 5.26 Å². The molecule has 1 unspecified atom stereocenters. The SMILES string of the molecule is Cc1cccc(C(=O)C(C#N)c2ccc(Br)cc2)c1I. The summed E-state index contributed by atoms with van der Waals surface area (Å²) in [6.07, 6.45) is 0. The van der Waals surface area contributed by atoms with Gasteiger partial charge in [0.1, 0.15) is 5.92 Å². The van der Waals surface area contributed by atoms with Crippen molar-refractivity contribution in [2.24, 2.45) is 0 Å². The molecule has 0 amide bonds. The van der Waals surface area contributed by atoms with E-state index in [9.17, 15) is 10.1 Å². The van der Waals surface area contributed by atoms with E-state index in [2.05, 4.69) is 44.6 Å². The van der Waals surface area contributed by atoms with Gasteiger partial charge in [-0.1, -0.05) is 46.3 Å². The predicted octanol–water partition coefficient (Wildman–Crippen LogP) is 4.85. The van der Waals surface area contributed by atoms with Crippen molar-refractivity contribution in [1.82, 2.24) is 0 Å². The van der Waals surface area contributed by atoms with Crippen LogP contribution >= 0.6 is 38.5 Å². The molecule has 100 valence electrons. The second kappa shape index (κ2) is 6.51. The second-order valence-corrected chi connectivity index (χ2v) is 6.41. The molecule has 0 saturated heterocycles. The van der Waals surface area contributed by atoms with Crippen molar-refractivity contribution in [3.05, 3.63) is 67.2 Å². The average Bonchev–Trinajstić information content (AvgIpc) is 2.44. The van der Waals surface area contributed by atoms with E-state index in [1.54, 1.807) is 18.2 Å². The van der Waals surface area contributed by atoms with Crippen molar-refractivity contribution in [3.8, 4) is 6.07 Å². The maximum absolute atomic E-state index is 12.6. The number of carbonyl (C=O) groups is 1. The zero-order valence-corrected chi connectivity index (χ0v) is 14.5. The Labute approximate surface area is 140 Å². The molecule has 0 aromatic heterocycles. The first-order valence-electron chi connectivity index (χ1n) is 5.99. The lowest BCUT2D eigenvalue weighted by atomic mass is 9.91. The van der Waals surface area contributed by atoms with E-state index in [-0.39, 0.29) is 5.78 Å². The van der Waals surface area contributed by atoms with Crippen LogP contribution in [0.1, 0.15) is 27.4 Å². The molecule has 0 aliphatic carbocycles. The van der Waals surface area contributed by atoms with E-state index in [1.165, 1.54) is 0 Å². The van der Waals surface area contributed by atoms with Crippen molar-refractivity contribution < 1.29 is 4.79 Å². The van der Waals surface area contributed by atoms with E-state index < -0.39 is 5.92 Å². The quantitative estimate of drug-likeness (QED) is 0.506. The van der Waals surface area contributed by atoms with Gasteiger partial charge in [-0.3, -0.25) is 4.79 Å². The molecule has 0 fully saturated rings. The molecule has 2 aromatic carbocycles. The monoisotopic (exact) mass is 439 g/mol. The number of ketones is 1.